The van der Waals surface area contributed by atoms with E-state index in [2.05, 4.69) is 9.97 Å². The van der Waals surface area contributed by atoms with Gasteiger partial charge in [0.15, 0.2) is 5.69 Å². The zero-order valence-corrected chi connectivity index (χ0v) is 13.9. The average Bonchev–Trinajstić information content (AvgIpc) is 2.50. The third-order valence-electron chi connectivity index (χ3n) is 3.29. The van der Waals surface area contributed by atoms with Crippen LogP contribution >= 0.6 is 23.2 Å². The molecule has 1 heterocycles. The molecule has 0 fully saturated rings. The molecule has 0 saturated heterocycles. The van der Waals surface area contributed by atoms with E-state index in [9.17, 15) is 4.79 Å². The molecule has 0 spiro atoms. The third-order valence-corrected chi connectivity index (χ3v) is 4.03. The summed E-state index contributed by atoms with van der Waals surface area (Å²) in [6.45, 7) is 3.91. The summed E-state index contributed by atoms with van der Waals surface area (Å²) in [5.74, 6) is -0.418. The largest absolute Gasteiger partial charge is 0.461 e. The van der Waals surface area contributed by atoms with Crippen LogP contribution in [0.2, 0.25) is 10.0 Å². The molecule has 0 bridgehead atoms. The number of aromatic nitrogens is 2. The summed E-state index contributed by atoms with van der Waals surface area (Å²) in [5, 5.41) is 1.07. The Bertz CT molecular complexity index is 690. The standard InChI is InChI=1S/C16H16Cl2N2O2/c1-3-22-16(21)15-10(2)14(19-9-20-15)7-5-11-4-6-12(17)13(18)8-11/h4,6,8-9H,3,5,7H2,1-2H3. The van der Waals surface area contributed by atoms with Gasteiger partial charge in [-0.05, 0) is 44.4 Å². The van der Waals surface area contributed by atoms with Gasteiger partial charge in [0.2, 0.25) is 0 Å². The molecule has 4 nitrogen and oxygen atoms in total. The van der Waals surface area contributed by atoms with Crippen LogP contribution < -0.4 is 0 Å². The highest BCUT2D eigenvalue weighted by Gasteiger charge is 2.15. The third kappa shape index (κ3) is 3.96. The molecule has 116 valence electrons. The topological polar surface area (TPSA) is 52.1 Å². The van der Waals surface area contributed by atoms with Gasteiger partial charge in [0.25, 0.3) is 0 Å². The van der Waals surface area contributed by atoms with Crippen molar-refractivity contribution in [1.82, 2.24) is 9.97 Å². The fourth-order valence-electron chi connectivity index (χ4n) is 2.10. The highest BCUT2D eigenvalue weighted by Crippen LogP contribution is 2.23. The first kappa shape index (κ1) is 16.7. The maximum atomic E-state index is 11.8. The number of benzene rings is 1. The summed E-state index contributed by atoms with van der Waals surface area (Å²) in [6.07, 6.45) is 2.82. The Labute approximate surface area is 139 Å². The van der Waals surface area contributed by atoms with Gasteiger partial charge < -0.3 is 4.74 Å². The molecule has 0 unspecified atom stereocenters. The van der Waals surface area contributed by atoms with Crippen LogP contribution in [0.15, 0.2) is 24.5 Å². The zero-order chi connectivity index (χ0) is 16.1. The first-order valence-corrected chi connectivity index (χ1v) is 7.70. The number of esters is 1. The van der Waals surface area contributed by atoms with Crippen LogP contribution in [0.3, 0.4) is 0 Å². The maximum Gasteiger partial charge on any atom is 0.357 e. The first-order chi connectivity index (χ1) is 10.5. The molecule has 22 heavy (non-hydrogen) atoms. The molecule has 0 amide bonds. The molecular formula is C16H16Cl2N2O2. The van der Waals surface area contributed by atoms with Crippen molar-refractivity contribution in [3.05, 3.63) is 57.1 Å². The van der Waals surface area contributed by atoms with Gasteiger partial charge >= 0.3 is 5.97 Å². The Morgan fingerprint density at radius 2 is 1.95 bits per heavy atom. The first-order valence-electron chi connectivity index (χ1n) is 6.94. The average molecular weight is 339 g/mol. The van der Waals surface area contributed by atoms with Gasteiger partial charge in [-0.2, -0.15) is 0 Å². The fourth-order valence-corrected chi connectivity index (χ4v) is 2.42. The minimum absolute atomic E-state index is 0.320. The monoisotopic (exact) mass is 338 g/mol. The maximum absolute atomic E-state index is 11.8. The van der Waals surface area contributed by atoms with E-state index in [1.807, 2.05) is 19.1 Å². The summed E-state index contributed by atoms with van der Waals surface area (Å²) in [4.78, 5) is 20.1. The van der Waals surface area contributed by atoms with Crippen molar-refractivity contribution in [2.45, 2.75) is 26.7 Å². The van der Waals surface area contributed by atoms with Crippen LogP contribution in [0.25, 0.3) is 0 Å². The lowest BCUT2D eigenvalue weighted by molar-refractivity contribution is 0.0518. The van der Waals surface area contributed by atoms with Gasteiger partial charge in [-0.3, -0.25) is 0 Å². The molecule has 0 N–H and O–H groups in total. The predicted molar refractivity (Wildman–Crippen MR) is 86.6 cm³/mol. The van der Waals surface area contributed by atoms with Gasteiger partial charge in [0.05, 0.1) is 16.7 Å². The predicted octanol–water partition coefficient (Wildman–Crippen LogP) is 4.05. The molecule has 0 radical (unpaired) electrons. The van der Waals surface area contributed by atoms with Crippen LogP contribution in [0, 0.1) is 6.92 Å². The lowest BCUT2D eigenvalue weighted by Crippen LogP contribution is -2.12. The summed E-state index contributed by atoms with van der Waals surface area (Å²) >= 11 is 11.9. The van der Waals surface area contributed by atoms with Crippen LogP contribution in [-0.4, -0.2) is 22.5 Å². The molecule has 2 rings (SSSR count). The number of carbonyl (C=O) groups is 1. The van der Waals surface area contributed by atoms with E-state index in [-0.39, 0.29) is 0 Å². The second-order valence-electron chi connectivity index (χ2n) is 4.76. The Morgan fingerprint density at radius 3 is 2.64 bits per heavy atom. The van der Waals surface area contributed by atoms with E-state index in [1.165, 1.54) is 6.33 Å². The van der Waals surface area contributed by atoms with E-state index >= 15 is 0 Å². The fraction of sp³-hybridized carbons (Fsp3) is 0.312. The van der Waals surface area contributed by atoms with Crippen LogP contribution in [0.5, 0.6) is 0 Å². The second-order valence-corrected chi connectivity index (χ2v) is 5.58. The lowest BCUT2D eigenvalue weighted by Gasteiger charge is -2.09. The van der Waals surface area contributed by atoms with Gasteiger partial charge in [-0.25, -0.2) is 14.8 Å². The number of hydrogen-bond acceptors (Lipinski definition) is 4. The Morgan fingerprint density at radius 1 is 1.18 bits per heavy atom. The summed E-state index contributed by atoms with van der Waals surface area (Å²) in [7, 11) is 0. The van der Waals surface area contributed by atoms with Crippen molar-refractivity contribution >= 4 is 29.2 Å². The molecule has 2 aromatic rings. The molecule has 0 aliphatic rings. The number of rotatable bonds is 5. The van der Waals surface area contributed by atoms with E-state index in [0.717, 1.165) is 23.2 Å². The van der Waals surface area contributed by atoms with Crippen molar-refractivity contribution in [3.8, 4) is 0 Å². The molecule has 1 aromatic heterocycles. The number of carbonyl (C=O) groups excluding carboxylic acids is 1. The van der Waals surface area contributed by atoms with E-state index in [0.29, 0.717) is 28.8 Å². The molecule has 0 saturated carbocycles. The van der Waals surface area contributed by atoms with Crippen molar-refractivity contribution in [1.29, 1.82) is 0 Å². The Balaban J connectivity index is 2.14. The molecule has 0 aliphatic carbocycles. The number of nitrogens with zero attached hydrogens (tertiary/aromatic N) is 2. The summed E-state index contributed by atoms with van der Waals surface area (Å²) < 4.78 is 4.99. The highest BCUT2D eigenvalue weighted by atomic mass is 35.5. The number of aryl methyl sites for hydroxylation is 2. The lowest BCUT2D eigenvalue weighted by atomic mass is 10.0. The SMILES string of the molecule is CCOC(=O)c1ncnc(CCc2ccc(Cl)c(Cl)c2)c1C. The van der Waals surface area contributed by atoms with Gasteiger partial charge in [0, 0.05) is 11.3 Å². The highest BCUT2D eigenvalue weighted by molar-refractivity contribution is 6.42. The number of ether oxygens (including phenoxy) is 1. The minimum Gasteiger partial charge on any atom is -0.461 e. The van der Waals surface area contributed by atoms with E-state index in [4.69, 9.17) is 27.9 Å². The van der Waals surface area contributed by atoms with E-state index < -0.39 is 5.97 Å². The molecule has 6 heteroatoms. The molecule has 0 atom stereocenters. The smallest absolute Gasteiger partial charge is 0.357 e. The van der Waals surface area contributed by atoms with Crippen LogP contribution in [-0.2, 0) is 17.6 Å². The molecule has 0 aliphatic heterocycles. The summed E-state index contributed by atoms with van der Waals surface area (Å²) in [6, 6.07) is 5.54. The van der Waals surface area contributed by atoms with Gasteiger partial charge in [-0.1, -0.05) is 29.3 Å². The Hall–Kier alpha value is -1.65. The van der Waals surface area contributed by atoms with Crippen molar-refractivity contribution in [3.63, 3.8) is 0 Å². The number of halogens is 2. The van der Waals surface area contributed by atoms with Crippen molar-refractivity contribution < 1.29 is 9.53 Å². The molecular weight excluding hydrogens is 323 g/mol. The minimum atomic E-state index is -0.418. The second kappa shape index (κ2) is 7.56. The molecule has 1 aromatic carbocycles. The van der Waals surface area contributed by atoms with Crippen LogP contribution in [0.1, 0.15) is 34.2 Å². The van der Waals surface area contributed by atoms with Crippen LogP contribution in [0.4, 0.5) is 0 Å². The number of hydrogen-bond donors (Lipinski definition) is 0. The van der Waals surface area contributed by atoms with Gasteiger partial charge in [0.1, 0.15) is 6.33 Å². The zero-order valence-electron chi connectivity index (χ0n) is 12.4. The Kier molecular flexibility index (Phi) is 5.75. The normalized spacial score (nSPS) is 10.5. The summed E-state index contributed by atoms with van der Waals surface area (Å²) in [5.41, 5.74) is 2.95. The van der Waals surface area contributed by atoms with Gasteiger partial charge in [-0.15, -0.1) is 0 Å². The van der Waals surface area contributed by atoms with Crippen molar-refractivity contribution in [2.75, 3.05) is 6.61 Å². The van der Waals surface area contributed by atoms with Crippen molar-refractivity contribution in [2.24, 2.45) is 0 Å². The quantitative estimate of drug-likeness (QED) is 0.771. The van der Waals surface area contributed by atoms with E-state index in [1.54, 1.807) is 13.0 Å².